The van der Waals surface area contributed by atoms with E-state index in [4.69, 9.17) is 23.2 Å². The van der Waals surface area contributed by atoms with Gasteiger partial charge in [0.25, 0.3) is 0 Å². The molecule has 2 aliphatic rings. The molecule has 0 spiro atoms. The quantitative estimate of drug-likeness (QED) is 0.721. The molecule has 0 bridgehead atoms. The Balaban J connectivity index is 1.68. The first-order valence-electron chi connectivity index (χ1n) is 4.66. The van der Waals surface area contributed by atoms with Crippen molar-refractivity contribution in [2.24, 2.45) is 5.92 Å². The smallest absolute Gasteiger partial charge is 0.242 e. The summed E-state index contributed by atoms with van der Waals surface area (Å²) >= 11 is 11.7. The largest absolute Gasteiger partial charge is 0.380 e. The summed E-state index contributed by atoms with van der Waals surface area (Å²) in [6, 6.07) is -0.117. The van der Waals surface area contributed by atoms with E-state index in [1.54, 1.807) is 6.20 Å². The van der Waals surface area contributed by atoms with E-state index >= 15 is 0 Å². The second-order valence-electron chi connectivity index (χ2n) is 3.76. The van der Waals surface area contributed by atoms with Crippen molar-refractivity contribution in [3.05, 3.63) is 12.3 Å². The monoisotopic (exact) mass is 234 g/mol. The van der Waals surface area contributed by atoms with Crippen molar-refractivity contribution in [2.75, 3.05) is 6.54 Å². The lowest BCUT2D eigenvalue weighted by molar-refractivity contribution is -0.122. The molecule has 1 heterocycles. The Hall–Kier alpha value is -0.410. The highest BCUT2D eigenvalue weighted by molar-refractivity contribution is 6.50. The van der Waals surface area contributed by atoms with Crippen molar-refractivity contribution in [1.82, 2.24) is 10.6 Å². The van der Waals surface area contributed by atoms with E-state index in [-0.39, 0.29) is 17.9 Å². The summed E-state index contributed by atoms with van der Waals surface area (Å²) in [7, 11) is 0. The molecular formula is C9H12Cl2N2O. The molecule has 0 aromatic carbocycles. The van der Waals surface area contributed by atoms with Gasteiger partial charge in [-0.1, -0.05) is 6.08 Å². The van der Waals surface area contributed by atoms with Gasteiger partial charge in [0.1, 0.15) is 10.4 Å². The molecule has 14 heavy (non-hydrogen) atoms. The van der Waals surface area contributed by atoms with Crippen LogP contribution in [0.1, 0.15) is 12.8 Å². The van der Waals surface area contributed by atoms with Crippen LogP contribution < -0.4 is 10.6 Å². The summed E-state index contributed by atoms with van der Waals surface area (Å²) in [6.45, 7) is 0.573. The van der Waals surface area contributed by atoms with Gasteiger partial charge in [0, 0.05) is 12.5 Å². The standard InChI is InChI=1S/C9H12Cl2N2O/c10-9(11)4-6(9)5-13-8(14)7-2-1-3-12-7/h1,3,6-7,12H,2,4-5H2,(H,13,14)/t6-,7+/m1/s1. The third kappa shape index (κ3) is 2.15. The van der Waals surface area contributed by atoms with Gasteiger partial charge in [-0.3, -0.25) is 4.79 Å². The molecule has 78 valence electrons. The predicted molar refractivity (Wildman–Crippen MR) is 56.2 cm³/mol. The number of hydrogen-bond donors (Lipinski definition) is 2. The molecule has 0 aromatic heterocycles. The van der Waals surface area contributed by atoms with Crippen LogP contribution in [0.3, 0.4) is 0 Å². The average Bonchev–Trinajstić information content (AvgIpc) is 2.58. The Morgan fingerprint density at radius 1 is 1.64 bits per heavy atom. The number of rotatable bonds is 3. The van der Waals surface area contributed by atoms with Gasteiger partial charge in [-0.05, 0) is 19.0 Å². The van der Waals surface area contributed by atoms with E-state index < -0.39 is 4.33 Å². The lowest BCUT2D eigenvalue weighted by Gasteiger charge is -2.11. The summed E-state index contributed by atoms with van der Waals surface area (Å²) in [5.41, 5.74) is 0. The van der Waals surface area contributed by atoms with Crippen molar-refractivity contribution in [3.63, 3.8) is 0 Å². The highest BCUT2D eigenvalue weighted by Crippen LogP contribution is 2.52. The second kappa shape index (κ2) is 3.63. The molecule has 3 nitrogen and oxygen atoms in total. The van der Waals surface area contributed by atoms with Crippen LogP contribution in [0.2, 0.25) is 0 Å². The molecule has 1 saturated carbocycles. The first-order chi connectivity index (χ1) is 6.59. The zero-order chi connectivity index (χ0) is 10.2. The van der Waals surface area contributed by atoms with Crippen molar-refractivity contribution >= 4 is 29.1 Å². The Kier molecular flexibility index (Phi) is 2.62. The minimum atomic E-state index is -0.603. The van der Waals surface area contributed by atoms with Crippen LogP contribution in [0.5, 0.6) is 0 Å². The summed E-state index contributed by atoms with van der Waals surface area (Å²) in [4.78, 5) is 11.5. The van der Waals surface area contributed by atoms with Gasteiger partial charge in [-0.15, -0.1) is 23.2 Å². The van der Waals surface area contributed by atoms with Gasteiger partial charge in [-0.2, -0.15) is 0 Å². The number of amides is 1. The topological polar surface area (TPSA) is 41.1 Å². The highest BCUT2D eigenvalue weighted by Gasteiger charge is 2.51. The fourth-order valence-electron chi connectivity index (χ4n) is 1.48. The van der Waals surface area contributed by atoms with E-state index in [1.807, 2.05) is 6.08 Å². The fourth-order valence-corrected chi connectivity index (χ4v) is 2.00. The van der Waals surface area contributed by atoms with E-state index in [2.05, 4.69) is 10.6 Å². The molecule has 2 rings (SSSR count). The number of halogens is 2. The van der Waals surface area contributed by atoms with Gasteiger partial charge in [0.05, 0.1) is 0 Å². The summed E-state index contributed by atoms with van der Waals surface area (Å²) < 4.78 is -0.603. The van der Waals surface area contributed by atoms with Crippen LogP contribution in [-0.4, -0.2) is 22.8 Å². The Morgan fingerprint density at radius 3 is 2.86 bits per heavy atom. The van der Waals surface area contributed by atoms with Crippen molar-refractivity contribution in [1.29, 1.82) is 0 Å². The van der Waals surface area contributed by atoms with E-state index in [9.17, 15) is 4.79 Å². The number of alkyl halides is 2. The molecule has 2 N–H and O–H groups in total. The molecule has 1 aliphatic heterocycles. The molecule has 0 saturated heterocycles. The zero-order valence-corrected chi connectivity index (χ0v) is 9.11. The molecule has 1 amide bonds. The third-order valence-corrected chi connectivity index (χ3v) is 3.51. The molecule has 1 aliphatic carbocycles. The maximum atomic E-state index is 11.5. The first-order valence-corrected chi connectivity index (χ1v) is 5.42. The second-order valence-corrected chi connectivity index (χ2v) is 5.31. The van der Waals surface area contributed by atoms with Gasteiger partial charge < -0.3 is 10.6 Å². The van der Waals surface area contributed by atoms with E-state index in [0.717, 1.165) is 12.8 Å². The number of carbonyl (C=O) groups is 1. The lowest BCUT2D eigenvalue weighted by atomic mass is 10.2. The molecule has 5 heteroatoms. The van der Waals surface area contributed by atoms with E-state index in [0.29, 0.717) is 6.54 Å². The summed E-state index contributed by atoms with van der Waals surface area (Å²) in [5.74, 6) is 0.232. The fraction of sp³-hybridized carbons (Fsp3) is 0.667. The molecular weight excluding hydrogens is 223 g/mol. The highest BCUT2D eigenvalue weighted by atomic mass is 35.5. The van der Waals surface area contributed by atoms with Gasteiger partial charge in [-0.25, -0.2) is 0 Å². The van der Waals surface area contributed by atoms with Crippen LogP contribution in [0, 0.1) is 5.92 Å². The number of hydrogen-bond acceptors (Lipinski definition) is 2. The molecule has 0 unspecified atom stereocenters. The normalized spacial score (nSPS) is 32.4. The number of carbonyl (C=O) groups excluding carboxylic acids is 1. The molecule has 1 fully saturated rings. The maximum absolute atomic E-state index is 11.5. The van der Waals surface area contributed by atoms with Gasteiger partial charge in [0.2, 0.25) is 5.91 Å². The van der Waals surface area contributed by atoms with Crippen LogP contribution in [0.4, 0.5) is 0 Å². The van der Waals surface area contributed by atoms with Crippen LogP contribution in [-0.2, 0) is 4.79 Å². The molecule has 0 aromatic rings. The Bertz CT molecular complexity index is 270. The van der Waals surface area contributed by atoms with Crippen LogP contribution in [0.15, 0.2) is 12.3 Å². The predicted octanol–water partition coefficient (Wildman–Crippen LogP) is 1.17. The molecule has 2 atom stereocenters. The summed E-state index contributed by atoms with van der Waals surface area (Å²) in [5, 5.41) is 5.79. The number of nitrogens with one attached hydrogen (secondary N) is 2. The average molecular weight is 235 g/mol. The van der Waals surface area contributed by atoms with Gasteiger partial charge in [0.15, 0.2) is 0 Å². The third-order valence-electron chi connectivity index (χ3n) is 2.58. The zero-order valence-electron chi connectivity index (χ0n) is 7.59. The van der Waals surface area contributed by atoms with Crippen LogP contribution >= 0.6 is 23.2 Å². The van der Waals surface area contributed by atoms with Crippen molar-refractivity contribution < 1.29 is 4.79 Å². The van der Waals surface area contributed by atoms with Crippen molar-refractivity contribution in [3.8, 4) is 0 Å². The lowest BCUT2D eigenvalue weighted by Crippen LogP contribution is -2.40. The summed E-state index contributed by atoms with van der Waals surface area (Å²) in [6.07, 6.45) is 5.26. The molecule has 0 radical (unpaired) electrons. The van der Waals surface area contributed by atoms with E-state index in [1.165, 1.54) is 0 Å². The SMILES string of the molecule is O=C(NC[C@H]1CC1(Cl)Cl)[C@@H]1CC=CN1. The first kappa shape index (κ1) is 10.1. The maximum Gasteiger partial charge on any atom is 0.242 e. The van der Waals surface area contributed by atoms with Crippen molar-refractivity contribution in [2.45, 2.75) is 23.2 Å². The van der Waals surface area contributed by atoms with Gasteiger partial charge >= 0.3 is 0 Å². The Labute approximate surface area is 92.8 Å². The minimum absolute atomic E-state index is 0.0195. The van der Waals surface area contributed by atoms with Crippen LogP contribution in [0.25, 0.3) is 0 Å². The minimum Gasteiger partial charge on any atom is -0.380 e. The Morgan fingerprint density at radius 2 is 2.36 bits per heavy atom.